The van der Waals surface area contributed by atoms with Crippen LogP contribution in [0.5, 0.6) is 0 Å². The fourth-order valence-corrected chi connectivity index (χ4v) is 3.13. The summed E-state index contributed by atoms with van der Waals surface area (Å²) in [5.41, 5.74) is 0.833. The third kappa shape index (κ3) is 2.81. The minimum absolute atomic E-state index is 0.0619. The maximum atomic E-state index is 12.3. The molecule has 2 aromatic rings. The maximum absolute atomic E-state index is 12.3. The zero-order chi connectivity index (χ0) is 14.8. The molecule has 0 aliphatic rings. The Hall–Kier alpha value is -2.31. The van der Waals surface area contributed by atoms with E-state index in [2.05, 4.69) is 25.3 Å². The molecule has 1 atom stereocenters. The molecule has 20 heavy (non-hydrogen) atoms. The fourth-order valence-electron chi connectivity index (χ4n) is 1.66. The third-order valence-corrected chi connectivity index (χ3v) is 4.37. The lowest BCUT2D eigenvalue weighted by Crippen LogP contribution is -2.28. The number of aromatic amines is 1. The van der Waals surface area contributed by atoms with Crippen molar-refractivity contribution in [1.29, 1.82) is 5.26 Å². The van der Waals surface area contributed by atoms with Crippen molar-refractivity contribution in [2.75, 3.05) is 0 Å². The van der Waals surface area contributed by atoms with E-state index in [9.17, 15) is 8.42 Å². The highest BCUT2D eigenvalue weighted by molar-refractivity contribution is 7.89. The summed E-state index contributed by atoms with van der Waals surface area (Å²) < 4.78 is 27.1. The van der Waals surface area contributed by atoms with Crippen molar-refractivity contribution < 1.29 is 8.42 Å². The van der Waals surface area contributed by atoms with Crippen LogP contribution in [0.25, 0.3) is 0 Å². The van der Waals surface area contributed by atoms with Crippen LogP contribution in [0.4, 0.5) is 0 Å². The van der Waals surface area contributed by atoms with Gasteiger partial charge in [0.15, 0.2) is 5.82 Å². The summed E-state index contributed by atoms with van der Waals surface area (Å²) in [5.74, 6) is 0.239. The third-order valence-electron chi connectivity index (χ3n) is 2.69. The molecular weight excluding hydrogens is 280 g/mol. The molecule has 0 aliphatic heterocycles. The minimum Gasteiger partial charge on any atom is -0.207 e. The van der Waals surface area contributed by atoms with Gasteiger partial charge in [0.25, 0.3) is 0 Å². The van der Waals surface area contributed by atoms with E-state index in [1.807, 2.05) is 6.07 Å². The number of nitriles is 1. The molecule has 0 radical (unpaired) electrons. The van der Waals surface area contributed by atoms with E-state index in [1.165, 1.54) is 6.07 Å². The number of benzene rings is 1. The van der Waals surface area contributed by atoms with Crippen LogP contribution in [-0.4, -0.2) is 29.0 Å². The van der Waals surface area contributed by atoms with Gasteiger partial charge in [-0.25, -0.2) is 13.1 Å². The van der Waals surface area contributed by atoms with Gasteiger partial charge in [-0.1, -0.05) is 11.3 Å². The van der Waals surface area contributed by atoms with Crippen molar-refractivity contribution in [2.45, 2.75) is 24.8 Å². The summed E-state index contributed by atoms with van der Waals surface area (Å²) in [6, 6.07) is 5.77. The van der Waals surface area contributed by atoms with Crippen LogP contribution in [0, 0.1) is 18.3 Å². The van der Waals surface area contributed by atoms with Crippen molar-refractivity contribution >= 4 is 10.0 Å². The second-order valence-corrected chi connectivity index (χ2v) is 5.89. The van der Waals surface area contributed by atoms with Gasteiger partial charge in [-0.05, 0) is 31.5 Å². The molecule has 8 nitrogen and oxygen atoms in total. The fraction of sp³-hybridized carbons (Fsp3) is 0.273. The summed E-state index contributed by atoms with van der Waals surface area (Å²) >= 11 is 0. The zero-order valence-electron chi connectivity index (χ0n) is 10.8. The van der Waals surface area contributed by atoms with Gasteiger partial charge in [-0.3, -0.25) is 0 Å². The van der Waals surface area contributed by atoms with E-state index in [0.717, 1.165) is 0 Å². The molecule has 0 saturated carbocycles. The molecule has 0 aliphatic carbocycles. The predicted octanol–water partition coefficient (Wildman–Crippen LogP) is 0.419. The lowest BCUT2D eigenvalue weighted by Gasteiger charge is -2.12. The number of tetrazole rings is 1. The Morgan fingerprint density at radius 1 is 1.45 bits per heavy atom. The second-order valence-electron chi connectivity index (χ2n) is 4.21. The number of sulfonamides is 1. The van der Waals surface area contributed by atoms with Gasteiger partial charge in [-0.2, -0.15) is 10.5 Å². The molecule has 1 unspecified atom stereocenters. The van der Waals surface area contributed by atoms with Crippen LogP contribution < -0.4 is 4.72 Å². The number of aryl methyl sites for hydroxylation is 1. The molecule has 0 fully saturated rings. The number of aromatic nitrogens is 4. The molecule has 2 rings (SSSR count). The summed E-state index contributed by atoms with van der Waals surface area (Å²) in [6.07, 6.45) is 0. The van der Waals surface area contributed by atoms with Gasteiger partial charge in [0, 0.05) is 0 Å². The molecular formula is C11H12N6O2S. The average molecular weight is 292 g/mol. The zero-order valence-corrected chi connectivity index (χ0v) is 11.6. The monoisotopic (exact) mass is 292 g/mol. The number of hydrogen-bond acceptors (Lipinski definition) is 6. The molecule has 104 valence electrons. The van der Waals surface area contributed by atoms with E-state index in [0.29, 0.717) is 5.56 Å². The molecule has 0 amide bonds. The molecule has 0 bridgehead atoms. The van der Waals surface area contributed by atoms with Crippen LogP contribution in [0.3, 0.4) is 0 Å². The van der Waals surface area contributed by atoms with Crippen LogP contribution in [-0.2, 0) is 10.0 Å². The second kappa shape index (κ2) is 5.36. The SMILES string of the molecule is Cc1ccc(C#N)cc1S(=O)(=O)NC(C)c1nn[nH]n1. The quantitative estimate of drug-likeness (QED) is 0.841. The largest absolute Gasteiger partial charge is 0.241 e. The van der Waals surface area contributed by atoms with Crippen molar-refractivity contribution in [3.8, 4) is 6.07 Å². The number of hydrogen-bond donors (Lipinski definition) is 2. The van der Waals surface area contributed by atoms with Crippen molar-refractivity contribution in [3.05, 3.63) is 35.2 Å². The van der Waals surface area contributed by atoms with E-state index in [4.69, 9.17) is 5.26 Å². The maximum Gasteiger partial charge on any atom is 0.241 e. The first-order chi connectivity index (χ1) is 9.44. The summed E-state index contributed by atoms with van der Waals surface area (Å²) in [4.78, 5) is 0.0619. The Kier molecular flexibility index (Phi) is 3.78. The van der Waals surface area contributed by atoms with Gasteiger partial charge >= 0.3 is 0 Å². The topological polar surface area (TPSA) is 124 Å². The molecule has 1 heterocycles. The lowest BCUT2D eigenvalue weighted by atomic mass is 10.2. The van der Waals surface area contributed by atoms with Crippen LogP contribution in [0.15, 0.2) is 23.1 Å². The summed E-state index contributed by atoms with van der Waals surface area (Å²) in [5, 5.41) is 21.9. The first-order valence-electron chi connectivity index (χ1n) is 5.70. The standard InChI is InChI=1S/C11H12N6O2S/c1-7-3-4-9(6-12)5-10(7)20(18,19)15-8(2)11-13-16-17-14-11/h3-5,8,15H,1-2H3,(H,13,14,16,17). The van der Waals surface area contributed by atoms with Gasteiger partial charge in [0.2, 0.25) is 10.0 Å². The van der Waals surface area contributed by atoms with Crippen LogP contribution >= 0.6 is 0 Å². The van der Waals surface area contributed by atoms with Gasteiger partial charge < -0.3 is 0 Å². The lowest BCUT2D eigenvalue weighted by molar-refractivity contribution is 0.559. The van der Waals surface area contributed by atoms with Crippen LogP contribution in [0.2, 0.25) is 0 Å². The van der Waals surface area contributed by atoms with E-state index < -0.39 is 16.1 Å². The number of nitrogens with zero attached hydrogens (tertiary/aromatic N) is 4. The Morgan fingerprint density at radius 3 is 2.80 bits per heavy atom. The number of H-pyrrole nitrogens is 1. The Labute approximate surface area is 115 Å². The average Bonchev–Trinajstić information content (AvgIpc) is 2.92. The minimum atomic E-state index is -3.77. The first kappa shape index (κ1) is 14.1. The number of rotatable bonds is 4. The van der Waals surface area contributed by atoms with Gasteiger partial charge in [0.05, 0.1) is 22.6 Å². The van der Waals surface area contributed by atoms with Crippen LogP contribution in [0.1, 0.15) is 29.9 Å². The molecule has 9 heteroatoms. The van der Waals surface area contributed by atoms with E-state index in [1.54, 1.807) is 26.0 Å². The van der Waals surface area contributed by atoms with E-state index in [-0.39, 0.29) is 16.3 Å². The van der Waals surface area contributed by atoms with Crippen molar-refractivity contribution in [3.63, 3.8) is 0 Å². The Morgan fingerprint density at radius 2 is 2.20 bits per heavy atom. The highest BCUT2D eigenvalue weighted by atomic mass is 32.2. The molecule has 0 saturated heterocycles. The molecule has 1 aromatic carbocycles. The first-order valence-corrected chi connectivity index (χ1v) is 7.19. The predicted molar refractivity (Wildman–Crippen MR) is 68.8 cm³/mol. The highest BCUT2D eigenvalue weighted by Crippen LogP contribution is 2.19. The molecule has 1 aromatic heterocycles. The Bertz CT molecular complexity index is 748. The molecule has 2 N–H and O–H groups in total. The number of nitrogens with one attached hydrogen (secondary N) is 2. The molecule has 0 spiro atoms. The van der Waals surface area contributed by atoms with Crippen molar-refractivity contribution in [2.24, 2.45) is 0 Å². The van der Waals surface area contributed by atoms with E-state index >= 15 is 0 Å². The smallest absolute Gasteiger partial charge is 0.207 e. The summed E-state index contributed by atoms with van der Waals surface area (Å²) in [7, 11) is -3.77. The normalized spacial score (nSPS) is 12.8. The van der Waals surface area contributed by atoms with Crippen molar-refractivity contribution in [1.82, 2.24) is 25.3 Å². The highest BCUT2D eigenvalue weighted by Gasteiger charge is 2.22. The summed E-state index contributed by atoms with van der Waals surface area (Å²) in [6.45, 7) is 3.26. The van der Waals surface area contributed by atoms with Gasteiger partial charge in [0.1, 0.15) is 0 Å². The Balaban J connectivity index is 2.34. The van der Waals surface area contributed by atoms with Gasteiger partial charge in [-0.15, -0.1) is 10.2 Å².